The minimum absolute atomic E-state index is 0.0569. The maximum absolute atomic E-state index is 13.9. The van der Waals surface area contributed by atoms with Crippen LogP contribution in [0.1, 0.15) is 31.7 Å². The molecule has 5 atom stereocenters. The fraction of sp³-hybridized carbons (Fsp3) is 0.667. The van der Waals surface area contributed by atoms with E-state index >= 15 is 0 Å². The van der Waals surface area contributed by atoms with Crippen LogP contribution < -0.4 is 10.6 Å². The van der Waals surface area contributed by atoms with Crippen molar-refractivity contribution in [3.05, 3.63) is 35.9 Å². The number of nitrogens with one attached hydrogen (secondary N) is 2. The van der Waals surface area contributed by atoms with Gasteiger partial charge in [-0.3, -0.25) is 19.3 Å². The zero-order valence-electron chi connectivity index (χ0n) is 21.5. The van der Waals surface area contributed by atoms with E-state index in [1.807, 2.05) is 30.3 Å². The largest absolute Gasteiger partial charge is 0.396 e. The molecular weight excluding hydrogens is 492 g/mol. The van der Waals surface area contributed by atoms with Gasteiger partial charge < -0.3 is 25.4 Å². The van der Waals surface area contributed by atoms with E-state index in [9.17, 15) is 19.5 Å². The summed E-state index contributed by atoms with van der Waals surface area (Å²) in [5, 5.41) is 15.7. The van der Waals surface area contributed by atoms with Crippen LogP contribution >= 0.6 is 11.8 Å². The van der Waals surface area contributed by atoms with E-state index in [-0.39, 0.29) is 24.3 Å². The monoisotopic (exact) mass is 530 g/mol. The Morgan fingerprint density at radius 3 is 2.59 bits per heavy atom. The Hall–Kier alpha value is -2.14. The van der Waals surface area contributed by atoms with Crippen molar-refractivity contribution in [2.24, 2.45) is 11.8 Å². The van der Waals surface area contributed by atoms with Gasteiger partial charge in [0.25, 0.3) is 0 Å². The molecule has 2 bridgehead atoms. The Bertz CT molecular complexity index is 1010. The van der Waals surface area contributed by atoms with E-state index in [4.69, 9.17) is 4.74 Å². The van der Waals surface area contributed by atoms with Crippen LogP contribution in [0.15, 0.2) is 30.3 Å². The first-order valence-corrected chi connectivity index (χ1v) is 14.2. The van der Waals surface area contributed by atoms with Gasteiger partial charge in [0.1, 0.15) is 6.04 Å². The second-order valence-electron chi connectivity index (χ2n) is 10.8. The number of aliphatic hydroxyl groups excluding tert-OH is 1. The molecular formula is C27H38N4O5S. The molecule has 0 aromatic heterocycles. The number of hydrogen-bond donors (Lipinski definition) is 3. The normalized spacial score (nSPS) is 33.0. The standard InChI is InChI=1S/C27H38N4O5S/c1-26-8-9-27(37-26)21(20(26)23(33)29-18-19-6-3-2-4-7-19)25(35)31(11-5-15-32)22(27)24(34)28-10-12-30-13-16-36-17-14-30/h2-4,6-7,20-22,32H,5,8-18H2,1H3,(H,28,34)(H,29,33)/t20-,21+,22?,26+,27?/m1/s1. The predicted octanol–water partition coefficient (Wildman–Crippen LogP) is 0.615. The predicted molar refractivity (Wildman–Crippen MR) is 141 cm³/mol. The number of amides is 3. The van der Waals surface area contributed by atoms with Gasteiger partial charge in [0.15, 0.2) is 0 Å². The van der Waals surface area contributed by atoms with Crippen LogP contribution in [0.5, 0.6) is 0 Å². The second-order valence-corrected chi connectivity index (χ2v) is 12.7. The summed E-state index contributed by atoms with van der Waals surface area (Å²) in [6, 6.07) is 9.11. The number of hydrogen-bond acceptors (Lipinski definition) is 7. The van der Waals surface area contributed by atoms with Crippen molar-refractivity contribution in [2.75, 3.05) is 52.5 Å². The zero-order chi connectivity index (χ0) is 26.0. The van der Waals surface area contributed by atoms with Crippen LogP contribution in [0.25, 0.3) is 0 Å². The second kappa shape index (κ2) is 10.9. The van der Waals surface area contributed by atoms with Gasteiger partial charge in [0.2, 0.25) is 17.7 Å². The fourth-order valence-electron chi connectivity index (χ4n) is 6.76. The van der Waals surface area contributed by atoms with Crippen LogP contribution in [0, 0.1) is 11.8 Å². The molecule has 1 spiro atoms. The van der Waals surface area contributed by atoms with Gasteiger partial charge in [-0.25, -0.2) is 0 Å². The van der Waals surface area contributed by atoms with E-state index in [1.165, 1.54) is 0 Å². The number of likely N-dealkylation sites (tertiary alicyclic amines) is 1. The van der Waals surface area contributed by atoms with Gasteiger partial charge >= 0.3 is 0 Å². The number of fused-ring (bicyclic) bond motifs is 1. The Morgan fingerprint density at radius 1 is 1.11 bits per heavy atom. The average Bonchev–Trinajstić information content (AvgIpc) is 3.47. The molecule has 10 heteroatoms. The maximum Gasteiger partial charge on any atom is 0.244 e. The summed E-state index contributed by atoms with van der Waals surface area (Å²) in [5.74, 6) is -1.43. The van der Waals surface area contributed by atoms with Crippen LogP contribution in [-0.2, 0) is 25.7 Å². The molecule has 4 saturated heterocycles. The number of benzene rings is 1. The SMILES string of the molecule is C[C@@]12CCC3(S1)C(C(=O)NCCN1CCOCC1)N(CCCO)C(=O)[C@@H]3[C@@H]2C(=O)NCc1ccccc1. The molecule has 0 radical (unpaired) electrons. The van der Waals surface area contributed by atoms with Crippen molar-refractivity contribution in [3.8, 4) is 0 Å². The van der Waals surface area contributed by atoms with E-state index in [0.717, 1.165) is 38.0 Å². The third kappa shape index (κ3) is 4.89. The molecule has 202 valence electrons. The van der Waals surface area contributed by atoms with E-state index in [0.29, 0.717) is 39.3 Å². The third-order valence-electron chi connectivity index (χ3n) is 8.51. The first-order chi connectivity index (χ1) is 17.9. The number of rotatable bonds is 10. The first kappa shape index (κ1) is 26.5. The molecule has 4 aliphatic heterocycles. The summed E-state index contributed by atoms with van der Waals surface area (Å²) < 4.78 is 4.39. The molecule has 1 aromatic rings. The molecule has 5 rings (SSSR count). The number of morpholine rings is 1. The number of ether oxygens (including phenoxy) is 1. The zero-order valence-corrected chi connectivity index (χ0v) is 22.3. The Labute approximate surface area is 222 Å². The molecule has 4 heterocycles. The number of nitrogens with zero attached hydrogens (tertiary/aromatic N) is 2. The molecule has 4 aliphatic rings. The number of aliphatic hydroxyl groups is 1. The number of carbonyl (C=O) groups is 3. The lowest BCUT2D eigenvalue weighted by Crippen LogP contribution is -2.55. The van der Waals surface area contributed by atoms with Gasteiger partial charge in [-0.1, -0.05) is 30.3 Å². The Morgan fingerprint density at radius 2 is 1.86 bits per heavy atom. The lowest BCUT2D eigenvalue weighted by molar-refractivity contribution is -0.140. The summed E-state index contributed by atoms with van der Waals surface area (Å²) in [6.07, 6.45) is 1.92. The van der Waals surface area contributed by atoms with E-state index in [2.05, 4.69) is 22.5 Å². The molecule has 0 aliphatic carbocycles. The minimum Gasteiger partial charge on any atom is -0.396 e. The summed E-state index contributed by atoms with van der Waals surface area (Å²) in [7, 11) is 0. The van der Waals surface area contributed by atoms with Crippen molar-refractivity contribution >= 4 is 29.5 Å². The van der Waals surface area contributed by atoms with Crippen molar-refractivity contribution in [2.45, 2.75) is 48.3 Å². The van der Waals surface area contributed by atoms with Crippen molar-refractivity contribution in [3.63, 3.8) is 0 Å². The van der Waals surface area contributed by atoms with Gasteiger partial charge in [-0.2, -0.15) is 0 Å². The highest BCUT2D eigenvalue weighted by atomic mass is 32.2. The molecule has 37 heavy (non-hydrogen) atoms. The molecule has 0 saturated carbocycles. The number of thioether (sulfide) groups is 1. The smallest absolute Gasteiger partial charge is 0.244 e. The molecule has 3 amide bonds. The molecule has 9 nitrogen and oxygen atoms in total. The number of carbonyl (C=O) groups excluding carboxylic acids is 3. The van der Waals surface area contributed by atoms with Crippen molar-refractivity contribution < 1.29 is 24.2 Å². The Kier molecular flexibility index (Phi) is 7.81. The molecule has 4 fully saturated rings. The van der Waals surface area contributed by atoms with Gasteiger partial charge in [0, 0.05) is 50.6 Å². The maximum atomic E-state index is 13.9. The summed E-state index contributed by atoms with van der Waals surface area (Å²) in [6.45, 7) is 7.08. The van der Waals surface area contributed by atoms with Crippen LogP contribution in [-0.4, -0.2) is 101 Å². The highest BCUT2D eigenvalue weighted by Crippen LogP contribution is 2.71. The average molecular weight is 531 g/mol. The minimum atomic E-state index is -0.639. The molecule has 2 unspecified atom stereocenters. The summed E-state index contributed by atoms with van der Waals surface area (Å²) in [4.78, 5) is 45.1. The van der Waals surface area contributed by atoms with Crippen molar-refractivity contribution in [1.29, 1.82) is 0 Å². The highest BCUT2D eigenvalue weighted by molar-refractivity contribution is 8.02. The Balaban J connectivity index is 1.34. The topological polar surface area (TPSA) is 111 Å². The molecule has 1 aromatic carbocycles. The van der Waals surface area contributed by atoms with Crippen molar-refractivity contribution in [1.82, 2.24) is 20.4 Å². The lowest BCUT2D eigenvalue weighted by atomic mass is 9.66. The summed E-state index contributed by atoms with van der Waals surface area (Å²) >= 11 is 1.68. The quantitative estimate of drug-likeness (QED) is 0.407. The van der Waals surface area contributed by atoms with E-state index < -0.39 is 27.4 Å². The van der Waals surface area contributed by atoms with Gasteiger partial charge in [0.05, 0.1) is 29.8 Å². The van der Waals surface area contributed by atoms with E-state index in [1.54, 1.807) is 16.7 Å². The third-order valence-corrected chi connectivity index (χ3v) is 10.5. The first-order valence-electron chi connectivity index (χ1n) is 13.4. The molecule has 3 N–H and O–H groups in total. The van der Waals surface area contributed by atoms with Crippen LogP contribution in [0.2, 0.25) is 0 Å². The fourth-order valence-corrected chi connectivity index (χ4v) is 9.12. The van der Waals surface area contributed by atoms with Crippen LogP contribution in [0.4, 0.5) is 0 Å². The van der Waals surface area contributed by atoms with Gasteiger partial charge in [-0.05, 0) is 31.7 Å². The lowest BCUT2D eigenvalue weighted by Gasteiger charge is -2.35. The highest BCUT2D eigenvalue weighted by Gasteiger charge is 2.76. The summed E-state index contributed by atoms with van der Waals surface area (Å²) in [5.41, 5.74) is 1.01. The van der Waals surface area contributed by atoms with Gasteiger partial charge in [-0.15, -0.1) is 11.8 Å². The van der Waals surface area contributed by atoms with Crippen LogP contribution in [0.3, 0.4) is 0 Å².